The third kappa shape index (κ3) is 4.37. The predicted octanol–water partition coefficient (Wildman–Crippen LogP) is 2.98. The second-order valence-corrected chi connectivity index (χ2v) is 4.43. The molecule has 0 aliphatic heterocycles. The third-order valence-corrected chi connectivity index (χ3v) is 2.82. The van der Waals surface area contributed by atoms with E-state index in [-0.39, 0.29) is 12.6 Å². The number of carbonyl (C=O) groups excluding carboxylic acids is 1. The highest BCUT2D eigenvalue weighted by atomic mass is 16.2. The zero-order chi connectivity index (χ0) is 15.1. The second kappa shape index (κ2) is 7.13. The summed E-state index contributed by atoms with van der Waals surface area (Å²) < 4.78 is 0. The monoisotopic (exact) mass is 280 g/mol. The van der Waals surface area contributed by atoms with Gasteiger partial charge in [0.25, 0.3) is 0 Å². The maximum Gasteiger partial charge on any atom is 0.323 e. The number of hydrogen-bond acceptors (Lipinski definition) is 2. The number of aliphatic hydroxyl groups is 1. The van der Waals surface area contributed by atoms with Crippen molar-refractivity contribution in [2.24, 2.45) is 0 Å². The quantitative estimate of drug-likeness (QED) is 0.741. The first-order valence-electron chi connectivity index (χ1n) is 6.52. The van der Waals surface area contributed by atoms with E-state index in [1.165, 1.54) is 0 Å². The Morgan fingerprint density at radius 3 is 2.48 bits per heavy atom. The molecule has 4 heteroatoms. The summed E-state index contributed by atoms with van der Waals surface area (Å²) in [6.45, 7) is 1.74. The molecule has 0 radical (unpaired) electrons. The first-order chi connectivity index (χ1) is 10.2. The van der Waals surface area contributed by atoms with Crippen LogP contribution in [0.25, 0.3) is 0 Å². The standard InChI is InChI=1S/C17H16N2O2/c1-13-12-16(10-9-14(13)6-5-11-20)19-17(21)18-15-7-3-2-4-8-15/h2-4,7-10,12,20H,11H2,1H3,(H2,18,19,21). The number of anilines is 2. The topological polar surface area (TPSA) is 61.4 Å². The minimum absolute atomic E-state index is 0.168. The van der Waals surface area contributed by atoms with Gasteiger partial charge >= 0.3 is 6.03 Å². The molecule has 2 aromatic rings. The average molecular weight is 280 g/mol. The van der Waals surface area contributed by atoms with Crippen LogP contribution in [0.2, 0.25) is 0 Å². The molecule has 0 aliphatic carbocycles. The Bertz CT molecular complexity index is 685. The van der Waals surface area contributed by atoms with Crippen LogP contribution in [0.5, 0.6) is 0 Å². The van der Waals surface area contributed by atoms with Gasteiger partial charge in [-0.05, 0) is 42.8 Å². The third-order valence-electron chi connectivity index (χ3n) is 2.82. The number of hydrogen-bond donors (Lipinski definition) is 3. The van der Waals surface area contributed by atoms with Crippen molar-refractivity contribution in [3.63, 3.8) is 0 Å². The van der Waals surface area contributed by atoms with Crippen molar-refractivity contribution in [1.82, 2.24) is 0 Å². The SMILES string of the molecule is Cc1cc(NC(=O)Nc2ccccc2)ccc1C#CCO. The van der Waals surface area contributed by atoms with Crippen molar-refractivity contribution >= 4 is 17.4 Å². The molecule has 0 atom stereocenters. The van der Waals surface area contributed by atoms with Crippen LogP contribution in [0.15, 0.2) is 48.5 Å². The molecule has 0 aromatic heterocycles. The summed E-state index contributed by atoms with van der Waals surface area (Å²) in [6.07, 6.45) is 0. The summed E-state index contributed by atoms with van der Waals surface area (Å²) in [5.74, 6) is 5.46. The van der Waals surface area contributed by atoms with E-state index in [0.29, 0.717) is 5.69 Å². The van der Waals surface area contributed by atoms with E-state index < -0.39 is 0 Å². The maximum atomic E-state index is 11.9. The number of aryl methyl sites for hydroxylation is 1. The molecule has 0 aliphatic rings. The van der Waals surface area contributed by atoms with Gasteiger partial charge in [0.2, 0.25) is 0 Å². The van der Waals surface area contributed by atoms with E-state index in [4.69, 9.17) is 5.11 Å². The molecule has 0 bridgehead atoms. The molecule has 0 saturated heterocycles. The fourth-order valence-corrected chi connectivity index (χ4v) is 1.83. The van der Waals surface area contributed by atoms with Crippen molar-refractivity contribution in [2.75, 3.05) is 17.2 Å². The zero-order valence-corrected chi connectivity index (χ0v) is 11.7. The van der Waals surface area contributed by atoms with Crippen LogP contribution >= 0.6 is 0 Å². The number of benzene rings is 2. The van der Waals surface area contributed by atoms with Crippen LogP contribution in [0.4, 0.5) is 16.2 Å². The Kier molecular flexibility index (Phi) is 4.97. The highest BCUT2D eigenvalue weighted by Gasteiger charge is 2.03. The summed E-state index contributed by atoms with van der Waals surface area (Å²) in [5.41, 5.74) is 3.19. The average Bonchev–Trinajstić information content (AvgIpc) is 2.47. The van der Waals surface area contributed by atoms with Gasteiger partial charge in [-0.15, -0.1) is 0 Å². The van der Waals surface area contributed by atoms with Gasteiger partial charge in [-0.3, -0.25) is 0 Å². The lowest BCUT2D eigenvalue weighted by Crippen LogP contribution is -2.19. The minimum Gasteiger partial charge on any atom is -0.384 e. The number of urea groups is 1. The normalized spacial score (nSPS) is 9.43. The molecule has 21 heavy (non-hydrogen) atoms. The van der Waals surface area contributed by atoms with Gasteiger partial charge in [-0.1, -0.05) is 30.0 Å². The molecular weight excluding hydrogens is 264 g/mol. The fourth-order valence-electron chi connectivity index (χ4n) is 1.83. The zero-order valence-electron chi connectivity index (χ0n) is 11.7. The van der Waals surface area contributed by atoms with Crippen molar-refractivity contribution in [3.8, 4) is 11.8 Å². The highest BCUT2D eigenvalue weighted by Crippen LogP contribution is 2.15. The van der Waals surface area contributed by atoms with E-state index in [9.17, 15) is 4.79 Å². The maximum absolute atomic E-state index is 11.9. The number of nitrogens with one attached hydrogen (secondary N) is 2. The summed E-state index contributed by atoms with van der Waals surface area (Å²) >= 11 is 0. The van der Waals surface area contributed by atoms with Gasteiger partial charge in [-0.25, -0.2) is 4.79 Å². The lowest BCUT2D eigenvalue weighted by Gasteiger charge is -2.09. The predicted molar refractivity (Wildman–Crippen MR) is 84.2 cm³/mol. The smallest absolute Gasteiger partial charge is 0.323 e. The van der Waals surface area contributed by atoms with Crippen molar-refractivity contribution in [3.05, 3.63) is 59.7 Å². The summed E-state index contributed by atoms with van der Waals surface area (Å²) in [6, 6.07) is 14.4. The van der Waals surface area contributed by atoms with Crippen LogP contribution in [0.1, 0.15) is 11.1 Å². The lowest BCUT2D eigenvalue weighted by atomic mass is 10.1. The summed E-state index contributed by atoms with van der Waals surface area (Å²) in [5, 5.41) is 14.2. The molecule has 0 unspecified atom stereocenters. The van der Waals surface area contributed by atoms with Crippen molar-refractivity contribution in [1.29, 1.82) is 0 Å². The molecule has 0 spiro atoms. The van der Waals surface area contributed by atoms with Gasteiger partial charge in [0, 0.05) is 16.9 Å². The second-order valence-electron chi connectivity index (χ2n) is 4.43. The molecule has 2 amide bonds. The minimum atomic E-state index is -0.296. The number of aliphatic hydroxyl groups excluding tert-OH is 1. The number of para-hydroxylation sites is 1. The number of carbonyl (C=O) groups is 1. The van der Waals surface area contributed by atoms with Gasteiger partial charge in [0.1, 0.15) is 6.61 Å². The van der Waals surface area contributed by atoms with Crippen molar-refractivity contribution in [2.45, 2.75) is 6.92 Å². The number of rotatable bonds is 2. The van der Waals surface area contributed by atoms with Crippen LogP contribution in [0, 0.1) is 18.8 Å². The molecule has 2 rings (SSSR count). The van der Waals surface area contributed by atoms with Crippen molar-refractivity contribution < 1.29 is 9.90 Å². The van der Waals surface area contributed by atoms with Crippen LogP contribution in [0.3, 0.4) is 0 Å². The van der Waals surface area contributed by atoms with E-state index in [1.807, 2.05) is 49.4 Å². The van der Waals surface area contributed by atoms with Gasteiger partial charge < -0.3 is 15.7 Å². The van der Waals surface area contributed by atoms with Crippen LogP contribution in [-0.2, 0) is 0 Å². The first kappa shape index (κ1) is 14.6. The lowest BCUT2D eigenvalue weighted by molar-refractivity contribution is 0.262. The van der Waals surface area contributed by atoms with E-state index in [0.717, 1.165) is 16.8 Å². The molecule has 0 heterocycles. The van der Waals surface area contributed by atoms with E-state index in [2.05, 4.69) is 22.5 Å². The molecule has 4 nitrogen and oxygen atoms in total. The Balaban J connectivity index is 2.03. The molecule has 3 N–H and O–H groups in total. The van der Waals surface area contributed by atoms with E-state index in [1.54, 1.807) is 6.07 Å². The number of amides is 2. The van der Waals surface area contributed by atoms with Gasteiger partial charge in [-0.2, -0.15) is 0 Å². The Morgan fingerprint density at radius 2 is 1.81 bits per heavy atom. The Hall–Kier alpha value is -2.77. The van der Waals surface area contributed by atoms with Crippen LogP contribution in [-0.4, -0.2) is 17.7 Å². The first-order valence-corrected chi connectivity index (χ1v) is 6.52. The summed E-state index contributed by atoms with van der Waals surface area (Å²) in [4.78, 5) is 11.9. The fraction of sp³-hybridized carbons (Fsp3) is 0.118. The Morgan fingerprint density at radius 1 is 1.10 bits per heavy atom. The van der Waals surface area contributed by atoms with Crippen LogP contribution < -0.4 is 10.6 Å². The van der Waals surface area contributed by atoms with Gasteiger partial charge in [0.15, 0.2) is 0 Å². The van der Waals surface area contributed by atoms with Gasteiger partial charge in [0.05, 0.1) is 0 Å². The van der Waals surface area contributed by atoms with E-state index >= 15 is 0 Å². The largest absolute Gasteiger partial charge is 0.384 e. The molecule has 2 aromatic carbocycles. The Labute approximate surface area is 123 Å². The molecular formula is C17H16N2O2. The summed E-state index contributed by atoms with van der Waals surface area (Å²) in [7, 11) is 0. The highest BCUT2D eigenvalue weighted by molar-refractivity contribution is 5.99. The molecule has 0 fully saturated rings. The molecule has 106 valence electrons. The molecule has 0 saturated carbocycles.